The molecule has 9 heteroatoms. The summed E-state index contributed by atoms with van der Waals surface area (Å²) in [4.78, 5) is 7.47. The average molecular weight is 393 g/mol. The van der Waals surface area contributed by atoms with Crippen molar-refractivity contribution in [3.8, 4) is 11.1 Å². The first-order valence-electron chi connectivity index (χ1n) is 7.71. The lowest BCUT2D eigenvalue weighted by Crippen LogP contribution is -2.10. The SMILES string of the molecule is CS(=O)(=O)c1ccc(-c2cccc(Nc3nccc(C(F)(F)F)n3)c2)cc1. The second-order valence-electron chi connectivity index (χ2n) is 5.77. The van der Waals surface area contributed by atoms with E-state index in [0.717, 1.165) is 29.6 Å². The van der Waals surface area contributed by atoms with E-state index in [2.05, 4.69) is 15.3 Å². The highest BCUT2D eigenvalue weighted by Crippen LogP contribution is 2.29. The number of alkyl halides is 3. The van der Waals surface area contributed by atoms with Crippen molar-refractivity contribution in [2.75, 3.05) is 11.6 Å². The molecule has 3 aromatic rings. The smallest absolute Gasteiger partial charge is 0.324 e. The number of aromatic nitrogens is 2. The zero-order chi connectivity index (χ0) is 19.7. The third-order valence-electron chi connectivity index (χ3n) is 3.68. The first-order chi connectivity index (χ1) is 12.6. The van der Waals surface area contributed by atoms with Crippen molar-refractivity contribution in [3.05, 3.63) is 66.5 Å². The van der Waals surface area contributed by atoms with Crippen LogP contribution in [-0.2, 0) is 16.0 Å². The fourth-order valence-corrected chi connectivity index (χ4v) is 3.01. The lowest BCUT2D eigenvalue weighted by Gasteiger charge is -2.10. The lowest BCUT2D eigenvalue weighted by molar-refractivity contribution is -0.141. The zero-order valence-electron chi connectivity index (χ0n) is 14.0. The van der Waals surface area contributed by atoms with E-state index in [-0.39, 0.29) is 10.8 Å². The third kappa shape index (κ3) is 4.62. The van der Waals surface area contributed by atoms with Gasteiger partial charge in [0.15, 0.2) is 9.84 Å². The molecule has 0 aliphatic carbocycles. The number of halogens is 3. The van der Waals surface area contributed by atoms with E-state index in [1.54, 1.807) is 36.4 Å². The Morgan fingerprint density at radius 1 is 0.963 bits per heavy atom. The van der Waals surface area contributed by atoms with Crippen LogP contribution in [0.1, 0.15) is 5.69 Å². The predicted octanol–water partition coefficient (Wildman–Crippen LogP) is 4.31. The van der Waals surface area contributed by atoms with Gasteiger partial charge in [-0.1, -0.05) is 24.3 Å². The number of hydrogen-bond donors (Lipinski definition) is 1. The van der Waals surface area contributed by atoms with Crippen molar-refractivity contribution in [1.82, 2.24) is 9.97 Å². The molecular weight excluding hydrogens is 379 g/mol. The van der Waals surface area contributed by atoms with Crippen LogP contribution in [0.2, 0.25) is 0 Å². The van der Waals surface area contributed by atoms with E-state index in [9.17, 15) is 21.6 Å². The fourth-order valence-electron chi connectivity index (χ4n) is 2.38. The van der Waals surface area contributed by atoms with Crippen molar-refractivity contribution >= 4 is 21.5 Å². The van der Waals surface area contributed by atoms with Crippen LogP contribution in [0.5, 0.6) is 0 Å². The van der Waals surface area contributed by atoms with Crippen molar-refractivity contribution in [2.24, 2.45) is 0 Å². The average Bonchev–Trinajstić information content (AvgIpc) is 2.61. The third-order valence-corrected chi connectivity index (χ3v) is 4.81. The van der Waals surface area contributed by atoms with Gasteiger partial charge < -0.3 is 5.32 Å². The number of benzene rings is 2. The van der Waals surface area contributed by atoms with Gasteiger partial charge in [-0.15, -0.1) is 0 Å². The van der Waals surface area contributed by atoms with Gasteiger partial charge in [0, 0.05) is 18.1 Å². The van der Waals surface area contributed by atoms with Crippen molar-refractivity contribution in [3.63, 3.8) is 0 Å². The van der Waals surface area contributed by atoms with Crippen LogP contribution in [0.25, 0.3) is 11.1 Å². The number of rotatable bonds is 4. The first-order valence-corrected chi connectivity index (χ1v) is 9.60. The summed E-state index contributed by atoms with van der Waals surface area (Å²) in [5, 5.41) is 2.74. The molecule has 0 aliphatic rings. The van der Waals surface area contributed by atoms with E-state index in [0.29, 0.717) is 5.69 Å². The molecule has 0 saturated heterocycles. The Bertz CT molecular complexity index is 1070. The maximum Gasteiger partial charge on any atom is 0.433 e. The maximum absolute atomic E-state index is 12.7. The summed E-state index contributed by atoms with van der Waals surface area (Å²) in [5.41, 5.74) is 0.981. The summed E-state index contributed by atoms with van der Waals surface area (Å²) < 4.78 is 61.3. The Morgan fingerprint density at radius 3 is 2.30 bits per heavy atom. The molecule has 1 N–H and O–H groups in total. The van der Waals surface area contributed by atoms with Gasteiger partial charge in [-0.25, -0.2) is 18.4 Å². The van der Waals surface area contributed by atoms with Crippen molar-refractivity contribution in [2.45, 2.75) is 11.1 Å². The minimum atomic E-state index is -4.55. The molecule has 0 fully saturated rings. The van der Waals surface area contributed by atoms with E-state index in [1.165, 1.54) is 12.1 Å². The summed E-state index contributed by atoms with van der Waals surface area (Å²) in [6, 6.07) is 14.0. The summed E-state index contributed by atoms with van der Waals surface area (Å²) in [6.45, 7) is 0. The zero-order valence-corrected chi connectivity index (χ0v) is 14.8. The predicted molar refractivity (Wildman–Crippen MR) is 95.3 cm³/mol. The Morgan fingerprint density at radius 2 is 1.67 bits per heavy atom. The summed E-state index contributed by atoms with van der Waals surface area (Å²) in [7, 11) is -3.29. The normalized spacial score (nSPS) is 12.0. The molecule has 0 amide bonds. The van der Waals surface area contributed by atoms with Crippen LogP contribution in [0.15, 0.2) is 65.7 Å². The molecule has 1 aromatic heterocycles. The Balaban J connectivity index is 1.86. The molecule has 3 rings (SSSR count). The van der Waals surface area contributed by atoms with E-state index < -0.39 is 21.7 Å². The Kier molecular flexibility index (Phi) is 4.88. The molecule has 0 unspecified atom stereocenters. The summed E-state index contributed by atoms with van der Waals surface area (Å²) in [6.07, 6.45) is -2.39. The molecular formula is C18H14F3N3O2S. The minimum absolute atomic E-state index is 0.172. The molecule has 0 saturated carbocycles. The van der Waals surface area contributed by atoms with Gasteiger partial charge in [0.2, 0.25) is 5.95 Å². The fraction of sp³-hybridized carbons (Fsp3) is 0.111. The highest BCUT2D eigenvalue weighted by atomic mass is 32.2. The topological polar surface area (TPSA) is 72.0 Å². The highest BCUT2D eigenvalue weighted by molar-refractivity contribution is 7.90. The number of hydrogen-bond acceptors (Lipinski definition) is 5. The van der Waals surface area contributed by atoms with Gasteiger partial charge >= 0.3 is 6.18 Å². The monoisotopic (exact) mass is 393 g/mol. The number of anilines is 2. The highest BCUT2D eigenvalue weighted by Gasteiger charge is 2.32. The van der Waals surface area contributed by atoms with Crippen LogP contribution in [-0.4, -0.2) is 24.6 Å². The van der Waals surface area contributed by atoms with Gasteiger partial charge in [-0.3, -0.25) is 0 Å². The first kappa shape index (κ1) is 18.8. The van der Waals surface area contributed by atoms with Crippen LogP contribution in [0, 0.1) is 0 Å². The minimum Gasteiger partial charge on any atom is -0.324 e. The molecule has 0 spiro atoms. The number of nitrogens with one attached hydrogen (secondary N) is 1. The van der Waals surface area contributed by atoms with Gasteiger partial charge in [0.05, 0.1) is 4.90 Å². The molecule has 0 aliphatic heterocycles. The van der Waals surface area contributed by atoms with Crippen LogP contribution in [0.3, 0.4) is 0 Å². The number of sulfone groups is 1. The van der Waals surface area contributed by atoms with Crippen LogP contribution in [0.4, 0.5) is 24.8 Å². The lowest BCUT2D eigenvalue weighted by atomic mass is 10.1. The summed E-state index contributed by atoms with van der Waals surface area (Å²) in [5.74, 6) is -0.172. The quantitative estimate of drug-likeness (QED) is 0.715. The van der Waals surface area contributed by atoms with Gasteiger partial charge in [-0.2, -0.15) is 13.2 Å². The summed E-state index contributed by atoms with van der Waals surface area (Å²) >= 11 is 0. The molecule has 2 aromatic carbocycles. The van der Waals surface area contributed by atoms with E-state index in [4.69, 9.17) is 0 Å². The molecule has 0 atom stereocenters. The van der Waals surface area contributed by atoms with Gasteiger partial charge in [0.1, 0.15) is 5.69 Å². The Hall–Kier alpha value is -2.94. The largest absolute Gasteiger partial charge is 0.433 e. The van der Waals surface area contributed by atoms with E-state index >= 15 is 0 Å². The molecule has 5 nitrogen and oxygen atoms in total. The standard InChI is InChI=1S/C18H14F3N3O2S/c1-27(25,26)15-7-5-12(6-8-15)13-3-2-4-14(11-13)23-17-22-10-9-16(24-17)18(19,20)21/h2-11H,1H3,(H,22,23,24). The number of nitrogens with zero attached hydrogens (tertiary/aromatic N) is 2. The molecule has 140 valence electrons. The molecule has 0 bridgehead atoms. The molecule has 27 heavy (non-hydrogen) atoms. The van der Waals surface area contributed by atoms with Crippen molar-refractivity contribution in [1.29, 1.82) is 0 Å². The molecule has 1 heterocycles. The van der Waals surface area contributed by atoms with Crippen LogP contribution >= 0.6 is 0 Å². The van der Waals surface area contributed by atoms with Gasteiger partial charge in [0.25, 0.3) is 0 Å². The second-order valence-corrected chi connectivity index (χ2v) is 7.78. The van der Waals surface area contributed by atoms with E-state index in [1.807, 2.05) is 0 Å². The van der Waals surface area contributed by atoms with Crippen LogP contribution < -0.4 is 5.32 Å². The van der Waals surface area contributed by atoms with Crippen molar-refractivity contribution < 1.29 is 21.6 Å². The van der Waals surface area contributed by atoms with Gasteiger partial charge in [-0.05, 0) is 41.5 Å². The maximum atomic E-state index is 12.7. The second kappa shape index (κ2) is 6.99. The molecule has 0 radical (unpaired) electrons. The Labute approximate surface area is 153 Å².